The highest BCUT2D eigenvalue weighted by molar-refractivity contribution is 5.78. The first kappa shape index (κ1) is 23.9. The lowest BCUT2D eigenvalue weighted by Gasteiger charge is -2.34. The van der Waals surface area contributed by atoms with Crippen molar-refractivity contribution in [2.24, 2.45) is 0 Å². The van der Waals surface area contributed by atoms with E-state index in [0.29, 0.717) is 51.5 Å². The first-order valence-electron chi connectivity index (χ1n) is 12.4. The number of fused-ring (bicyclic) bond motifs is 3. The van der Waals surface area contributed by atoms with E-state index in [2.05, 4.69) is 0 Å². The van der Waals surface area contributed by atoms with Crippen LogP contribution in [0, 0.1) is 12.7 Å². The number of hydrogen-bond donors (Lipinski definition) is 0. The van der Waals surface area contributed by atoms with Gasteiger partial charge in [-0.15, -0.1) is 0 Å². The van der Waals surface area contributed by atoms with Crippen LogP contribution in [0.2, 0.25) is 0 Å². The summed E-state index contributed by atoms with van der Waals surface area (Å²) in [6.45, 7) is 6.23. The molecule has 3 heterocycles. The molecule has 8 heteroatoms. The summed E-state index contributed by atoms with van der Waals surface area (Å²) in [7, 11) is 0. The van der Waals surface area contributed by atoms with Crippen LogP contribution in [0.25, 0.3) is 16.9 Å². The topological polar surface area (TPSA) is 64.0 Å². The molecule has 1 fully saturated rings. The molecule has 7 nitrogen and oxygen atoms in total. The monoisotopic (exact) mass is 491 g/mol. The van der Waals surface area contributed by atoms with Gasteiger partial charge in [-0.3, -0.25) is 4.79 Å². The number of aryl methyl sites for hydroxylation is 2. The smallest absolute Gasteiger partial charge is 0.409 e. The quantitative estimate of drug-likeness (QED) is 0.518. The van der Waals surface area contributed by atoms with E-state index in [1.807, 2.05) is 47.9 Å². The van der Waals surface area contributed by atoms with E-state index < -0.39 is 0 Å². The summed E-state index contributed by atoms with van der Waals surface area (Å²) in [6.07, 6.45) is 0.410. The fourth-order valence-corrected chi connectivity index (χ4v) is 4.97. The van der Waals surface area contributed by atoms with Gasteiger partial charge in [0, 0.05) is 49.4 Å². The molecule has 0 aliphatic carbocycles. The predicted octanol–water partition coefficient (Wildman–Crippen LogP) is 4.72. The molecule has 1 saturated heterocycles. The third kappa shape index (κ3) is 4.55. The lowest BCUT2D eigenvalue weighted by Crippen LogP contribution is -2.50. The summed E-state index contributed by atoms with van der Waals surface area (Å²) in [5.74, 6) is 0.476. The molecule has 1 aromatic heterocycles. The second-order valence-electron chi connectivity index (χ2n) is 9.15. The lowest BCUT2D eigenvalue weighted by molar-refractivity contribution is -0.132. The Morgan fingerprint density at radius 1 is 1.03 bits per heavy atom. The van der Waals surface area contributed by atoms with Crippen LogP contribution in [0.4, 0.5) is 9.18 Å². The summed E-state index contributed by atoms with van der Waals surface area (Å²) in [5.41, 5.74) is 4.96. The van der Waals surface area contributed by atoms with Gasteiger partial charge in [0.15, 0.2) is 0 Å². The van der Waals surface area contributed by atoms with Crippen molar-refractivity contribution < 1.29 is 23.5 Å². The Morgan fingerprint density at radius 2 is 1.78 bits per heavy atom. The Balaban J connectivity index is 1.39. The van der Waals surface area contributed by atoms with Crippen LogP contribution >= 0.6 is 0 Å². The number of carbonyl (C=O) groups excluding carboxylic acids is 2. The normalized spacial score (nSPS) is 14.6. The number of nitrogens with zero attached hydrogens (tertiary/aromatic N) is 3. The standard InChI is InChI=1S/C28H30FN3O4/c1-3-35-28(34)31-14-12-30(13-15-31)26(33)11-9-21-17-20-18-36-25-7-5-4-6-22(25)27(20)32(21)24-10-8-19(2)16-23(24)29/h4-8,10,16-17H,3,9,11-15,18H2,1-2H3. The molecule has 0 spiro atoms. The molecule has 2 amide bonds. The van der Waals surface area contributed by atoms with Gasteiger partial charge < -0.3 is 23.8 Å². The van der Waals surface area contributed by atoms with Crippen LogP contribution in [-0.2, 0) is 22.6 Å². The lowest BCUT2D eigenvalue weighted by atomic mass is 10.0. The van der Waals surface area contributed by atoms with Gasteiger partial charge in [0.25, 0.3) is 0 Å². The summed E-state index contributed by atoms with van der Waals surface area (Å²) < 4.78 is 28.2. The molecule has 0 saturated carbocycles. The summed E-state index contributed by atoms with van der Waals surface area (Å²) in [5, 5.41) is 0. The van der Waals surface area contributed by atoms with Crippen LogP contribution in [0.1, 0.15) is 30.2 Å². The largest absolute Gasteiger partial charge is 0.488 e. The third-order valence-corrected chi connectivity index (χ3v) is 6.78. The van der Waals surface area contributed by atoms with Gasteiger partial charge >= 0.3 is 6.09 Å². The SMILES string of the molecule is CCOC(=O)N1CCN(C(=O)CCc2cc3c(n2-c2ccc(C)cc2F)-c2ccccc2OC3)CC1. The Kier molecular flexibility index (Phi) is 6.67. The van der Waals surface area contributed by atoms with Gasteiger partial charge in [0.1, 0.15) is 18.2 Å². The molecule has 36 heavy (non-hydrogen) atoms. The molecule has 0 unspecified atom stereocenters. The third-order valence-electron chi connectivity index (χ3n) is 6.78. The van der Waals surface area contributed by atoms with Crippen molar-refractivity contribution >= 4 is 12.0 Å². The Hall–Kier alpha value is -3.81. The fourth-order valence-electron chi connectivity index (χ4n) is 4.97. The minimum absolute atomic E-state index is 0.0188. The molecular formula is C28H30FN3O4. The highest BCUT2D eigenvalue weighted by atomic mass is 19.1. The van der Waals surface area contributed by atoms with E-state index in [9.17, 15) is 9.59 Å². The molecule has 0 atom stereocenters. The average Bonchev–Trinajstić information content (AvgIpc) is 3.26. The van der Waals surface area contributed by atoms with E-state index in [1.54, 1.807) is 22.8 Å². The number of piperazine rings is 1. The highest BCUT2D eigenvalue weighted by Crippen LogP contribution is 2.41. The number of rotatable bonds is 5. The molecule has 0 radical (unpaired) electrons. The second kappa shape index (κ2) is 10.0. The number of amides is 2. The van der Waals surface area contributed by atoms with Crippen LogP contribution in [0.5, 0.6) is 5.75 Å². The van der Waals surface area contributed by atoms with Crippen molar-refractivity contribution in [3.05, 3.63) is 71.2 Å². The van der Waals surface area contributed by atoms with Crippen LogP contribution in [-0.4, -0.2) is 59.2 Å². The highest BCUT2D eigenvalue weighted by Gasteiger charge is 2.28. The van der Waals surface area contributed by atoms with Gasteiger partial charge in [-0.25, -0.2) is 9.18 Å². The van der Waals surface area contributed by atoms with Gasteiger partial charge in [-0.05, 0) is 56.2 Å². The number of ether oxygens (including phenoxy) is 2. The Morgan fingerprint density at radius 3 is 2.53 bits per heavy atom. The van der Waals surface area contributed by atoms with Gasteiger partial charge in [-0.1, -0.05) is 18.2 Å². The van der Waals surface area contributed by atoms with Gasteiger partial charge in [0.2, 0.25) is 5.91 Å². The summed E-state index contributed by atoms with van der Waals surface area (Å²) in [4.78, 5) is 28.4. The second-order valence-corrected chi connectivity index (χ2v) is 9.15. The number of hydrogen-bond acceptors (Lipinski definition) is 4. The van der Waals surface area contributed by atoms with Crippen molar-refractivity contribution in [2.75, 3.05) is 32.8 Å². The van der Waals surface area contributed by atoms with Crippen molar-refractivity contribution in [1.29, 1.82) is 0 Å². The average molecular weight is 492 g/mol. The number of benzene rings is 2. The maximum atomic E-state index is 15.2. The summed E-state index contributed by atoms with van der Waals surface area (Å²) in [6, 6.07) is 15.0. The van der Waals surface area contributed by atoms with E-state index in [0.717, 1.165) is 33.8 Å². The van der Waals surface area contributed by atoms with E-state index in [-0.39, 0.29) is 24.2 Å². The molecule has 188 valence electrons. The fraction of sp³-hybridized carbons (Fsp3) is 0.357. The molecule has 0 N–H and O–H groups in total. The molecule has 2 aliphatic heterocycles. The van der Waals surface area contributed by atoms with Crippen molar-refractivity contribution in [3.63, 3.8) is 0 Å². The molecule has 0 bridgehead atoms. The molecule has 2 aliphatic rings. The number of halogens is 1. The number of aromatic nitrogens is 1. The van der Waals surface area contributed by atoms with Crippen LogP contribution < -0.4 is 4.74 Å². The van der Waals surface area contributed by atoms with Gasteiger partial charge in [-0.2, -0.15) is 0 Å². The zero-order chi connectivity index (χ0) is 25.2. The molecule has 2 aromatic carbocycles. The van der Waals surface area contributed by atoms with E-state index in [4.69, 9.17) is 9.47 Å². The zero-order valence-corrected chi connectivity index (χ0v) is 20.6. The van der Waals surface area contributed by atoms with Crippen LogP contribution in [0.15, 0.2) is 48.5 Å². The number of para-hydroxylation sites is 1. The molecule has 5 rings (SSSR count). The van der Waals surface area contributed by atoms with Crippen molar-refractivity contribution in [2.45, 2.75) is 33.3 Å². The minimum atomic E-state index is -0.337. The maximum absolute atomic E-state index is 15.2. The zero-order valence-electron chi connectivity index (χ0n) is 20.6. The minimum Gasteiger partial charge on any atom is -0.488 e. The van der Waals surface area contributed by atoms with Crippen molar-refractivity contribution in [3.8, 4) is 22.7 Å². The van der Waals surface area contributed by atoms with Gasteiger partial charge in [0.05, 0.1) is 18.0 Å². The molecule has 3 aromatic rings. The molecular weight excluding hydrogens is 461 g/mol. The van der Waals surface area contributed by atoms with E-state index in [1.165, 1.54) is 6.07 Å². The number of carbonyl (C=O) groups is 2. The summed E-state index contributed by atoms with van der Waals surface area (Å²) >= 11 is 0. The predicted molar refractivity (Wildman–Crippen MR) is 134 cm³/mol. The van der Waals surface area contributed by atoms with Crippen molar-refractivity contribution in [1.82, 2.24) is 14.4 Å². The van der Waals surface area contributed by atoms with E-state index >= 15 is 4.39 Å². The maximum Gasteiger partial charge on any atom is 0.409 e. The Bertz CT molecular complexity index is 1290. The van der Waals surface area contributed by atoms with Crippen LogP contribution in [0.3, 0.4) is 0 Å². The first-order chi connectivity index (χ1) is 17.5. The first-order valence-corrected chi connectivity index (χ1v) is 12.4. The Labute approximate surface area is 210 Å².